The third-order valence-corrected chi connectivity index (χ3v) is 4.82. The first-order valence-electron chi connectivity index (χ1n) is 8.12. The molecule has 1 aromatic carbocycles. The fraction of sp³-hybridized carbons (Fsp3) is 0.667. The van der Waals surface area contributed by atoms with Gasteiger partial charge in [0.2, 0.25) is 0 Å². The van der Waals surface area contributed by atoms with E-state index in [9.17, 15) is 4.39 Å². The van der Waals surface area contributed by atoms with E-state index in [0.717, 1.165) is 30.7 Å². The van der Waals surface area contributed by atoms with E-state index < -0.39 is 0 Å². The molecular formula is C18H28FN. The van der Waals surface area contributed by atoms with Gasteiger partial charge < -0.3 is 5.32 Å². The van der Waals surface area contributed by atoms with Gasteiger partial charge in [0.25, 0.3) is 0 Å². The summed E-state index contributed by atoms with van der Waals surface area (Å²) in [4.78, 5) is 0. The minimum atomic E-state index is -0.131. The second kappa shape index (κ2) is 7.78. The van der Waals surface area contributed by atoms with Crippen LogP contribution in [0.3, 0.4) is 0 Å². The Labute approximate surface area is 123 Å². The summed E-state index contributed by atoms with van der Waals surface area (Å²) in [6, 6.07) is 7.09. The second-order valence-electron chi connectivity index (χ2n) is 6.38. The van der Waals surface area contributed by atoms with Gasteiger partial charge in [0.1, 0.15) is 5.82 Å². The van der Waals surface area contributed by atoms with Crippen LogP contribution in [0.5, 0.6) is 0 Å². The minimum Gasteiger partial charge on any atom is -0.319 e. The molecule has 1 N–H and O–H groups in total. The summed E-state index contributed by atoms with van der Waals surface area (Å²) in [6.45, 7) is 3.40. The summed E-state index contributed by atoms with van der Waals surface area (Å²) in [7, 11) is 2.05. The Hall–Kier alpha value is -0.890. The number of nitrogens with one attached hydrogen (secondary N) is 1. The summed E-state index contributed by atoms with van der Waals surface area (Å²) < 4.78 is 13.0. The van der Waals surface area contributed by atoms with E-state index in [-0.39, 0.29) is 5.82 Å². The van der Waals surface area contributed by atoms with Gasteiger partial charge in [-0.15, -0.1) is 0 Å². The Morgan fingerprint density at radius 2 is 1.90 bits per heavy atom. The SMILES string of the molecule is CCCC1CCC(CNC)C(Cc2ccc(F)cc2)C1. The first-order chi connectivity index (χ1) is 9.72. The van der Waals surface area contributed by atoms with Gasteiger partial charge in [0, 0.05) is 0 Å². The van der Waals surface area contributed by atoms with Crippen LogP contribution in [0.4, 0.5) is 4.39 Å². The number of hydrogen-bond donors (Lipinski definition) is 1. The van der Waals surface area contributed by atoms with Crippen molar-refractivity contribution in [3.63, 3.8) is 0 Å². The quantitative estimate of drug-likeness (QED) is 0.811. The normalized spacial score (nSPS) is 26.6. The monoisotopic (exact) mass is 277 g/mol. The molecule has 3 unspecified atom stereocenters. The van der Waals surface area contributed by atoms with Crippen LogP contribution in [-0.2, 0) is 6.42 Å². The molecule has 0 radical (unpaired) electrons. The topological polar surface area (TPSA) is 12.0 Å². The number of rotatable bonds is 6. The maximum absolute atomic E-state index is 13.0. The first-order valence-corrected chi connectivity index (χ1v) is 8.12. The van der Waals surface area contributed by atoms with Gasteiger partial charge in [0.05, 0.1) is 0 Å². The lowest BCUT2D eigenvalue weighted by atomic mass is 9.70. The second-order valence-corrected chi connectivity index (χ2v) is 6.38. The van der Waals surface area contributed by atoms with Gasteiger partial charge in [-0.3, -0.25) is 0 Å². The molecule has 0 aromatic heterocycles. The van der Waals surface area contributed by atoms with E-state index in [1.165, 1.54) is 37.7 Å². The molecule has 2 rings (SSSR count). The molecular weight excluding hydrogens is 249 g/mol. The molecule has 112 valence electrons. The highest BCUT2D eigenvalue weighted by molar-refractivity contribution is 5.17. The molecule has 3 atom stereocenters. The van der Waals surface area contributed by atoms with Crippen molar-refractivity contribution in [1.29, 1.82) is 0 Å². The van der Waals surface area contributed by atoms with Crippen molar-refractivity contribution in [3.8, 4) is 0 Å². The predicted octanol–water partition coefficient (Wildman–Crippen LogP) is 4.42. The summed E-state index contributed by atoms with van der Waals surface area (Å²) in [6.07, 6.45) is 7.85. The lowest BCUT2D eigenvalue weighted by Gasteiger charge is -2.36. The van der Waals surface area contributed by atoms with Crippen molar-refractivity contribution in [2.75, 3.05) is 13.6 Å². The van der Waals surface area contributed by atoms with Gasteiger partial charge in [-0.05, 0) is 68.3 Å². The molecule has 2 heteroatoms. The molecule has 0 spiro atoms. The molecule has 1 aliphatic rings. The maximum Gasteiger partial charge on any atom is 0.123 e. The third-order valence-electron chi connectivity index (χ3n) is 4.82. The van der Waals surface area contributed by atoms with Crippen molar-refractivity contribution >= 4 is 0 Å². The summed E-state index contributed by atoms with van der Waals surface area (Å²) >= 11 is 0. The highest BCUT2D eigenvalue weighted by atomic mass is 19.1. The Balaban J connectivity index is 2.00. The van der Waals surface area contributed by atoms with Crippen LogP contribution in [-0.4, -0.2) is 13.6 Å². The van der Waals surface area contributed by atoms with E-state index in [1.54, 1.807) is 12.1 Å². The zero-order chi connectivity index (χ0) is 14.4. The summed E-state index contributed by atoms with van der Waals surface area (Å²) in [5, 5.41) is 3.35. The van der Waals surface area contributed by atoms with Crippen molar-refractivity contribution < 1.29 is 4.39 Å². The summed E-state index contributed by atoms with van der Waals surface area (Å²) in [5.41, 5.74) is 1.29. The zero-order valence-electron chi connectivity index (χ0n) is 12.9. The molecule has 0 bridgehead atoms. The van der Waals surface area contributed by atoms with E-state index >= 15 is 0 Å². The van der Waals surface area contributed by atoms with Crippen LogP contribution in [0, 0.1) is 23.6 Å². The lowest BCUT2D eigenvalue weighted by Crippen LogP contribution is -2.33. The molecule has 0 saturated heterocycles. The Morgan fingerprint density at radius 1 is 1.15 bits per heavy atom. The zero-order valence-corrected chi connectivity index (χ0v) is 12.9. The molecule has 20 heavy (non-hydrogen) atoms. The third kappa shape index (κ3) is 4.31. The van der Waals surface area contributed by atoms with Crippen LogP contribution in [0.25, 0.3) is 0 Å². The van der Waals surface area contributed by atoms with Gasteiger partial charge >= 0.3 is 0 Å². The largest absolute Gasteiger partial charge is 0.319 e. The van der Waals surface area contributed by atoms with Gasteiger partial charge in [-0.1, -0.05) is 38.3 Å². The molecule has 1 nitrogen and oxygen atoms in total. The molecule has 1 aromatic rings. The lowest BCUT2D eigenvalue weighted by molar-refractivity contribution is 0.169. The van der Waals surface area contributed by atoms with Crippen LogP contribution in [0.1, 0.15) is 44.6 Å². The highest BCUT2D eigenvalue weighted by Crippen LogP contribution is 2.37. The summed E-state index contributed by atoms with van der Waals surface area (Å²) in [5.74, 6) is 2.29. The fourth-order valence-electron chi connectivity index (χ4n) is 3.80. The first kappa shape index (κ1) is 15.5. The van der Waals surface area contributed by atoms with E-state index in [2.05, 4.69) is 12.2 Å². The molecule has 1 fully saturated rings. The number of hydrogen-bond acceptors (Lipinski definition) is 1. The Morgan fingerprint density at radius 3 is 2.55 bits per heavy atom. The minimum absolute atomic E-state index is 0.131. The van der Waals surface area contributed by atoms with Crippen LogP contribution in [0.2, 0.25) is 0 Å². The Kier molecular flexibility index (Phi) is 6.03. The van der Waals surface area contributed by atoms with Crippen LogP contribution < -0.4 is 5.32 Å². The molecule has 1 aliphatic carbocycles. The van der Waals surface area contributed by atoms with Crippen LogP contribution >= 0.6 is 0 Å². The van der Waals surface area contributed by atoms with E-state index in [4.69, 9.17) is 0 Å². The predicted molar refractivity (Wildman–Crippen MR) is 83.3 cm³/mol. The van der Waals surface area contributed by atoms with Gasteiger partial charge in [-0.25, -0.2) is 4.39 Å². The van der Waals surface area contributed by atoms with Crippen molar-refractivity contribution in [3.05, 3.63) is 35.6 Å². The number of benzene rings is 1. The van der Waals surface area contributed by atoms with E-state index in [1.807, 2.05) is 19.2 Å². The van der Waals surface area contributed by atoms with Crippen LogP contribution in [0.15, 0.2) is 24.3 Å². The van der Waals surface area contributed by atoms with E-state index in [0.29, 0.717) is 0 Å². The van der Waals surface area contributed by atoms with Gasteiger partial charge in [0.15, 0.2) is 0 Å². The fourth-order valence-corrected chi connectivity index (χ4v) is 3.80. The highest BCUT2D eigenvalue weighted by Gasteiger charge is 2.29. The number of halogens is 1. The Bertz CT molecular complexity index is 387. The molecule has 1 saturated carbocycles. The molecule has 0 aliphatic heterocycles. The molecule has 0 amide bonds. The average molecular weight is 277 g/mol. The van der Waals surface area contributed by atoms with Crippen molar-refractivity contribution in [2.45, 2.75) is 45.4 Å². The van der Waals surface area contributed by atoms with Crippen molar-refractivity contribution in [2.24, 2.45) is 17.8 Å². The average Bonchev–Trinajstić information content (AvgIpc) is 2.45. The standard InChI is InChI=1S/C18H28FN/c1-3-4-14-5-8-16(13-20-2)17(11-14)12-15-6-9-18(19)10-7-15/h6-7,9-10,14,16-17,20H,3-5,8,11-13H2,1-2H3. The maximum atomic E-state index is 13.0. The smallest absolute Gasteiger partial charge is 0.123 e. The van der Waals surface area contributed by atoms with Gasteiger partial charge in [-0.2, -0.15) is 0 Å². The molecule has 0 heterocycles. The van der Waals surface area contributed by atoms with Crippen molar-refractivity contribution in [1.82, 2.24) is 5.32 Å².